The molecule has 0 aliphatic heterocycles. The van der Waals surface area contributed by atoms with Gasteiger partial charge in [-0.3, -0.25) is 4.79 Å². The second kappa shape index (κ2) is 8.60. The summed E-state index contributed by atoms with van der Waals surface area (Å²) in [5.41, 5.74) is 6.80. The molecule has 1 amide bonds. The summed E-state index contributed by atoms with van der Waals surface area (Å²) in [5, 5.41) is 11.6. The lowest BCUT2D eigenvalue weighted by Gasteiger charge is -2.16. The van der Waals surface area contributed by atoms with Gasteiger partial charge in [-0.05, 0) is 24.0 Å². The van der Waals surface area contributed by atoms with E-state index in [2.05, 4.69) is 5.32 Å². The molecule has 0 saturated heterocycles. The lowest BCUT2D eigenvalue weighted by atomic mass is 10.0. The monoisotopic (exact) mass is 296 g/mol. The Hall–Kier alpha value is -1.53. The Balaban J connectivity index is 2.51. The topological polar surface area (TPSA) is 92.4 Å². The number of rotatable bonds is 8. The lowest BCUT2D eigenvalue weighted by molar-refractivity contribution is -0.141. The maximum absolute atomic E-state index is 11.8. The largest absolute Gasteiger partial charge is 0.480 e. The van der Waals surface area contributed by atoms with Crippen molar-refractivity contribution in [3.63, 3.8) is 0 Å². The lowest BCUT2D eigenvalue weighted by Crippen LogP contribution is -2.42. The van der Waals surface area contributed by atoms with Crippen LogP contribution in [-0.4, -0.2) is 35.0 Å². The van der Waals surface area contributed by atoms with Crippen LogP contribution in [0.5, 0.6) is 0 Å². The third-order valence-electron chi connectivity index (χ3n) is 2.88. The second-order valence-electron chi connectivity index (χ2n) is 4.46. The first-order valence-electron chi connectivity index (χ1n) is 6.36. The number of carbonyl (C=O) groups excluding carboxylic acids is 1. The van der Waals surface area contributed by atoms with Crippen molar-refractivity contribution in [3.05, 3.63) is 35.9 Å². The zero-order valence-corrected chi connectivity index (χ0v) is 12.2. The first-order valence-corrected chi connectivity index (χ1v) is 7.75. The van der Waals surface area contributed by atoms with Crippen molar-refractivity contribution < 1.29 is 14.7 Å². The third-order valence-corrected chi connectivity index (χ3v) is 3.52. The molecule has 1 aromatic rings. The minimum absolute atomic E-state index is 0.0764. The SMILES string of the molecule is CSCC[C@H](NC(=O)CC(N)c1ccccc1)C(=O)O. The van der Waals surface area contributed by atoms with Crippen LogP contribution in [0.1, 0.15) is 24.4 Å². The van der Waals surface area contributed by atoms with Crippen molar-refractivity contribution >= 4 is 23.6 Å². The highest BCUT2D eigenvalue weighted by molar-refractivity contribution is 7.98. The van der Waals surface area contributed by atoms with E-state index in [1.807, 2.05) is 36.6 Å². The number of hydrogen-bond acceptors (Lipinski definition) is 4. The first kappa shape index (κ1) is 16.5. The Bertz CT molecular complexity index is 439. The standard InChI is InChI=1S/C14H20N2O3S/c1-20-8-7-12(14(18)19)16-13(17)9-11(15)10-5-3-2-4-6-10/h2-6,11-12H,7-9,15H2,1H3,(H,16,17)(H,18,19)/t11?,12-/m0/s1. The predicted octanol–water partition coefficient (Wildman–Crippen LogP) is 1.40. The van der Waals surface area contributed by atoms with Crippen molar-refractivity contribution in [2.24, 2.45) is 5.73 Å². The van der Waals surface area contributed by atoms with E-state index in [1.165, 1.54) is 0 Å². The van der Waals surface area contributed by atoms with Crippen LogP contribution in [-0.2, 0) is 9.59 Å². The van der Waals surface area contributed by atoms with Gasteiger partial charge in [-0.1, -0.05) is 30.3 Å². The van der Waals surface area contributed by atoms with Gasteiger partial charge < -0.3 is 16.2 Å². The maximum atomic E-state index is 11.8. The van der Waals surface area contributed by atoms with Crippen molar-refractivity contribution in [1.29, 1.82) is 0 Å². The predicted molar refractivity (Wildman–Crippen MR) is 80.6 cm³/mol. The molecule has 1 unspecified atom stereocenters. The van der Waals surface area contributed by atoms with Gasteiger partial charge in [-0.15, -0.1) is 0 Å². The Morgan fingerprint density at radius 3 is 2.55 bits per heavy atom. The highest BCUT2D eigenvalue weighted by Crippen LogP contribution is 2.13. The summed E-state index contributed by atoms with van der Waals surface area (Å²) in [6.45, 7) is 0. The fraction of sp³-hybridized carbons (Fsp3) is 0.429. The van der Waals surface area contributed by atoms with Crippen LogP contribution < -0.4 is 11.1 Å². The van der Waals surface area contributed by atoms with Crippen LogP contribution in [0.15, 0.2) is 30.3 Å². The summed E-state index contributed by atoms with van der Waals surface area (Å²) >= 11 is 1.55. The van der Waals surface area contributed by atoms with Crippen molar-refractivity contribution in [2.75, 3.05) is 12.0 Å². The zero-order valence-electron chi connectivity index (χ0n) is 11.4. The van der Waals surface area contributed by atoms with Gasteiger partial charge in [-0.2, -0.15) is 11.8 Å². The Morgan fingerprint density at radius 1 is 1.35 bits per heavy atom. The van der Waals surface area contributed by atoms with E-state index < -0.39 is 18.1 Å². The molecule has 0 fully saturated rings. The molecule has 0 spiro atoms. The molecule has 4 N–H and O–H groups in total. The van der Waals surface area contributed by atoms with Gasteiger partial charge in [0.05, 0.1) is 0 Å². The van der Waals surface area contributed by atoms with Gasteiger partial charge >= 0.3 is 5.97 Å². The van der Waals surface area contributed by atoms with E-state index in [0.29, 0.717) is 12.2 Å². The number of carboxylic acid groups (broad SMARTS) is 1. The molecule has 1 rings (SSSR count). The van der Waals surface area contributed by atoms with E-state index in [0.717, 1.165) is 5.56 Å². The number of carboxylic acids is 1. The highest BCUT2D eigenvalue weighted by Gasteiger charge is 2.20. The summed E-state index contributed by atoms with van der Waals surface area (Å²) in [7, 11) is 0. The number of amides is 1. The number of nitrogens with one attached hydrogen (secondary N) is 1. The quantitative estimate of drug-likeness (QED) is 0.674. The molecule has 110 valence electrons. The fourth-order valence-corrected chi connectivity index (χ4v) is 2.24. The van der Waals surface area contributed by atoms with Crippen LogP contribution in [0, 0.1) is 0 Å². The van der Waals surface area contributed by atoms with Gasteiger partial charge in [0.2, 0.25) is 5.91 Å². The van der Waals surface area contributed by atoms with Crippen molar-refractivity contribution in [3.8, 4) is 0 Å². The minimum atomic E-state index is -1.01. The van der Waals surface area contributed by atoms with Crippen LogP contribution in [0.3, 0.4) is 0 Å². The fourth-order valence-electron chi connectivity index (χ4n) is 1.76. The van der Waals surface area contributed by atoms with Gasteiger partial charge in [0, 0.05) is 12.5 Å². The molecular formula is C14H20N2O3S. The molecule has 0 heterocycles. The third kappa shape index (κ3) is 5.63. The minimum Gasteiger partial charge on any atom is -0.480 e. The highest BCUT2D eigenvalue weighted by atomic mass is 32.2. The van der Waals surface area contributed by atoms with Crippen LogP contribution in [0.25, 0.3) is 0 Å². The molecule has 1 aromatic carbocycles. The molecule has 5 nitrogen and oxygen atoms in total. The molecule has 0 radical (unpaired) electrons. The van der Waals surface area contributed by atoms with E-state index >= 15 is 0 Å². The van der Waals surface area contributed by atoms with E-state index in [-0.39, 0.29) is 12.3 Å². The molecule has 0 aromatic heterocycles. The zero-order chi connectivity index (χ0) is 15.0. The molecule has 6 heteroatoms. The van der Waals surface area contributed by atoms with Crippen molar-refractivity contribution in [1.82, 2.24) is 5.32 Å². The summed E-state index contributed by atoms with van der Waals surface area (Å²) in [4.78, 5) is 22.9. The van der Waals surface area contributed by atoms with Crippen LogP contribution >= 0.6 is 11.8 Å². The van der Waals surface area contributed by atoms with Gasteiger partial charge in [0.25, 0.3) is 0 Å². The molecule has 0 saturated carbocycles. The van der Waals surface area contributed by atoms with Gasteiger partial charge in [0.1, 0.15) is 6.04 Å². The average Bonchev–Trinajstić information content (AvgIpc) is 2.44. The number of hydrogen-bond donors (Lipinski definition) is 3. The Labute approximate surface area is 122 Å². The average molecular weight is 296 g/mol. The van der Waals surface area contributed by atoms with E-state index in [9.17, 15) is 9.59 Å². The van der Waals surface area contributed by atoms with Crippen molar-refractivity contribution in [2.45, 2.75) is 24.9 Å². The van der Waals surface area contributed by atoms with E-state index in [1.54, 1.807) is 11.8 Å². The number of benzene rings is 1. The van der Waals surface area contributed by atoms with Crippen LogP contribution in [0.4, 0.5) is 0 Å². The molecule has 2 atom stereocenters. The second-order valence-corrected chi connectivity index (χ2v) is 5.45. The van der Waals surface area contributed by atoms with E-state index in [4.69, 9.17) is 10.8 Å². The number of carbonyl (C=O) groups is 2. The Morgan fingerprint density at radius 2 is 2.00 bits per heavy atom. The molecular weight excluding hydrogens is 276 g/mol. The molecule has 0 bridgehead atoms. The van der Waals surface area contributed by atoms with Gasteiger partial charge in [0.15, 0.2) is 0 Å². The summed E-state index contributed by atoms with van der Waals surface area (Å²) in [6, 6.07) is 8.00. The maximum Gasteiger partial charge on any atom is 0.326 e. The summed E-state index contributed by atoms with van der Waals surface area (Å²) < 4.78 is 0. The van der Waals surface area contributed by atoms with Gasteiger partial charge in [-0.25, -0.2) is 4.79 Å². The number of thioether (sulfide) groups is 1. The van der Waals surface area contributed by atoms with Crippen LogP contribution in [0.2, 0.25) is 0 Å². The molecule has 0 aliphatic carbocycles. The smallest absolute Gasteiger partial charge is 0.326 e. The molecule has 0 aliphatic rings. The molecule has 20 heavy (non-hydrogen) atoms. The number of nitrogens with two attached hydrogens (primary N) is 1. The Kier molecular flexibility index (Phi) is 7.11. The summed E-state index contributed by atoms with van der Waals surface area (Å²) in [6.07, 6.45) is 2.38. The number of aliphatic carboxylic acids is 1. The summed E-state index contributed by atoms with van der Waals surface area (Å²) in [5.74, 6) is -0.669. The normalized spacial score (nSPS) is 13.5. The first-order chi connectivity index (χ1) is 9.54.